The predicted molar refractivity (Wildman–Crippen MR) is 94.9 cm³/mol. The second-order valence-electron chi connectivity index (χ2n) is 7.29. The molecular weight excluding hydrogens is 300 g/mol. The Kier molecular flexibility index (Phi) is 4.17. The van der Waals surface area contributed by atoms with Gasteiger partial charge in [0.2, 0.25) is 0 Å². The van der Waals surface area contributed by atoms with E-state index in [1.807, 2.05) is 0 Å². The molecule has 0 aliphatic heterocycles. The van der Waals surface area contributed by atoms with E-state index in [4.69, 9.17) is 4.98 Å². The van der Waals surface area contributed by atoms with E-state index in [-0.39, 0.29) is 6.03 Å². The van der Waals surface area contributed by atoms with Crippen LogP contribution >= 0.6 is 0 Å². The minimum Gasteiger partial charge on any atom is -0.335 e. The fourth-order valence-electron chi connectivity index (χ4n) is 3.75. The largest absolute Gasteiger partial charge is 0.335 e. The number of aromatic nitrogens is 2. The maximum absolute atomic E-state index is 12.1. The number of hydrogen-bond acceptors (Lipinski definition) is 2. The number of hydrogen-bond donors (Lipinski definition) is 2. The van der Waals surface area contributed by atoms with Crippen LogP contribution in [0.4, 0.5) is 4.79 Å². The number of rotatable bonds is 4. The van der Waals surface area contributed by atoms with Crippen LogP contribution in [0.3, 0.4) is 0 Å². The number of urea groups is 1. The van der Waals surface area contributed by atoms with Crippen LogP contribution in [0.15, 0.2) is 18.2 Å². The third kappa shape index (κ3) is 3.25. The first kappa shape index (κ1) is 15.5. The normalized spacial score (nSPS) is 18.7. The first-order valence-electron chi connectivity index (χ1n) is 9.20. The molecule has 2 N–H and O–H groups in total. The maximum Gasteiger partial charge on any atom is 0.315 e. The molecule has 1 aromatic carbocycles. The van der Waals surface area contributed by atoms with Crippen molar-refractivity contribution < 1.29 is 4.79 Å². The zero-order chi connectivity index (χ0) is 16.5. The van der Waals surface area contributed by atoms with Gasteiger partial charge in [0.1, 0.15) is 5.82 Å². The van der Waals surface area contributed by atoms with Gasteiger partial charge in [0.25, 0.3) is 0 Å². The van der Waals surface area contributed by atoms with Gasteiger partial charge in [-0.05, 0) is 43.4 Å². The molecule has 0 radical (unpaired) electrons. The van der Waals surface area contributed by atoms with E-state index >= 15 is 0 Å². The molecule has 2 aliphatic rings. The second-order valence-corrected chi connectivity index (χ2v) is 7.29. The van der Waals surface area contributed by atoms with E-state index in [0.717, 1.165) is 23.9 Å². The van der Waals surface area contributed by atoms with Crippen molar-refractivity contribution in [3.05, 3.63) is 29.6 Å². The summed E-state index contributed by atoms with van der Waals surface area (Å²) in [5.41, 5.74) is 3.31. The van der Waals surface area contributed by atoms with Crippen LogP contribution in [-0.4, -0.2) is 21.6 Å². The number of fused-ring (bicyclic) bond motifs is 1. The predicted octanol–water partition coefficient (Wildman–Crippen LogP) is 3.58. The molecule has 128 valence electrons. The number of benzene rings is 1. The van der Waals surface area contributed by atoms with E-state index < -0.39 is 0 Å². The van der Waals surface area contributed by atoms with Gasteiger partial charge in [-0.1, -0.05) is 25.3 Å². The number of imidazole rings is 1. The first-order valence-corrected chi connectivity index (χ1v) is 9.20. The lowest BCUT2D eigenvalue weighted by Crippen LogP contribution is -2.42. The molecule has 2 aromatic rings. The molecule has 0 saturated heterocycles. The summed E-state index contributed by atoms with van der Waals surface area (Å²) in [5.74, 6) is 1.84. The molecule has 0 bridgehead atoms. The van der Waals surface area contributed by atoms with Gasteiger partial charge < -0.3 is 15.2 Å². The number of nitrogens with zero attached hydrogens (tertiary/aromatic N) is 2. The van der Waals surface area contributed by atoms with Crippen LogP contribution < -0.4 is 10.6 Å². The van der Waals surface area contributed by atoms with Crippen LogP contribution in [-0.2, 0) is 13.6 Å². The zero-order valence-electron chi connectivity index (χ0n) is 14.3. The molecule has 4 rings (SSSR count). The smallest absolute Gasteiger partial charge is 0.315 e. The van der Waals surface area contributed by atoms with Gasteiger partial charge in [0.15, 0.2) is 0 Å². The second kappa shape index (κ2) is 6.46. The summed E-state index contributed by atoms with van der Waals surface area (Å²) in [5, 5.41) is 6.08. The van der Waals surface area contributed by atoms with Gasteiger partial charge >= 0.3 is 6.03 Å². The number of carbonyl (C=O) groups is 1. The fraction of sp³-hybridized carbons (Fsp3) is 0.579. The molecule has 0 unspecified atom stereocenters. The van der Waals surface area contributed by atoms with Crippen molar-refractivity contribution in [1.82, 2.24) is 20.2 Å². The van der Waals surface area contributed by atoms with Crippen LogP contribution in [0.25, 0.3) is 11.0 Å². The van der Waals surface area contributed by atoms with Crippen molar-refractivity contribution in [2.75, 3.05) is 0 Å². The Bertz CT molecular complexity index is 741. The molecular formula is C19H26N4O. The van der Waals surface area contributed by atoms with Crippen molar-refractivity contribution in [3.8, 4) is 0 Å². The van der Waals surface area contributed by atoms with Gasteiger partial charge in [-0.25, -0.2) is 9.78 Å². The minimum atomic E-state index is -0.0540. The van der Waals surface area contributed by atoms with Crippen molar-refractivity contribution in [2.24, 2.45) is 7.05 Å². The molecule has 1 aromatic heterocycles. The topological polar surface area (TPSA) is 59.0 Å². The lowest BCUT2D eigenvalue weighted by molar-refractivity contribution is 0.232. The van der Waals surface area contributed by atoms with E-state index in [2.05, 4.69) is 40.4 Å². The molecule has 5 heteroatoms. The quantitative estimate of drug-likeness (QED) is 0.902. The Morgan fingerprint density at radius 2 is 2.00 bits per heavy atom. The van der Waals surface area contributed by atoms with Crippen LogP contribution in [0.2, 0.25) is 0 Å². The third-order valence-corrected chi connectivity index (χ3v) is 5.32. The number of aryl methyl sites for hydroxylation is 1. The highest BCUT2D eigenvalue weighted by Gasteiger charge is 2.28. The first-order chi connectivity index (χ1) is 11.7. The van der Waals surface area contributed by atoms with Crippen molar-refractivity contribution in [1.29, 1.82) is 0 Å². The van der Waals surface area contributed by atoms with Crippen molar-refractivity contribution in [2.45, 2.75) is 63.5 Å². The lowest BCUT2D eigenvalue weighted by Gasteiger charge is -2.22. The molecule has 2 fully saturated rings. The van der Waals surface area contributed by atoms with Gasteiger partial charge in [0.05, 0.1) is 11.0 Å². The van der Waals surface area contributed by atoms with Gasteiger partial charge in [-0.15, -0.1) is 0 Å². The average molecular weight is 326 g/mol. The molecule has 5 nitrogen and oxygen atoms in total. The third-order valence-electron chi connectivity index (χ3n) is 5.32. The molecule has 2 aliphatic carbocycles. The van der Waals surface area contributed by atoms with E-state index in [0.29, 0.717) is 18.5 Å². The summed E-state index contributed by atoms with van der Waals surface area (Å²) >= 11 is 0. The highest BCUT2D eigenvalue weighted by atomic mass is 16.2. The molecule has 24 heavy (non-hydrogen) atoms. The van der Waals surface area contributed by atoms with Gasteiger partial charge in [0, 0.05) is 25.6 Å². The molecule has 0 atom stereocenters. The summed E-state index contributed by atoms with van der Waals surface area (Å²) in [6.45, 7) is 0.545. The summed E-state index contributed by atoms with van der Waals surface area (Å²) in [4.78, 5) is 16.9. The highest BCUT2D eigenvalue weighted by Crippen LogP contribution is 2.40. The zero-order valence-corrected chi connectivity index (χ0v) is 14.3. The fourth-order valence-corrected chi connectivity index (χ4v) is 3.75. The minimum absolute atomic E-state index is 0.0540. The van der Waals surface area contributed by atoms with Crippen LogP contribution in [0.5, 0.6) is 0 Å². The highest BCUT2D eigenvalue weighted by molar-refractivity contribution is 5.78. The van der Waals surface area contributed by atoms with E-state index in [1.165, 1.54) is 43.4 Å². The Balaban J connectivity index is 1.38. The molecule has 1 heterocycles. The Labute approximate surface area is 142 Å². The Morgan fingerprint density at radius 3 is 2.75 bits per heavy atom. The van der Waals surface area contributed by atoms with E-state index in [9.17, 15) is 4.79 Å². The average Bonchev–Trinajstić information content (AvgIpc) is 3.38. The van der Waals surface area contributed by atoms with Crippen LogP contribution in [0, 0.1) is 0 Å². The lowest BCUT2D eigenvalue weighted by atomic mass is 9.96. The summed E-state index contributed by atoms with van der Waals surface area (Å²) < 4.78 is 2.21. The van der Waals surface area contributed by atoms with Gasteiger partial charge in [-0.2, -0.15) is 0 Å². The Hall–Kier alpha value is -2.04. The Morgan fingerprint density at radius 1 is 1.21 bits per heavy atom. The number of nitrogens with one attached hydrogen (secondary N) is 2. The van der Waals surface area contributed by atoms with E-state index in [1.54, 1.807) is 0 Å². The SMILES string of the molecule is Cn1c(C2CC2)nc2cc(CNC(=O)NC3CCCCC3)ccc21. The standard InChI is InChI=1S/C19H26N4O/c1-23-17-10-7-13(11-16(17)22-18(23)14-8-9-14)12-20-19(24)21-15-5-3-2-4-6-15/h7,10-11,14-15H,2-6,8-9,12H2,1H3,(H2,20,21,24). The maximum atomic E-state index is 12.1. The van der Waals surface area contributed by atoms with Crippen molar-refractivity contribution in [3.63, 3.8) is 0 Å². The summed E-state index contributed by atoms with van der Waals surface area (Å²) in [6.07, 6.45) is 8.48. The molecule has 0 spiro atoms. The summed E-state index contributed by atoms with van der Waals surface area (Å²) in [6, 6.07) is 6.59. The van der Waals surface area contributed by atoms with Gasteiger partial charge in [-0.3, -0.25) is 0 Å². The number of amides is 2. The number of carbonyl (C=O) groups excluding carboxylic acids is 1. The van der Waals surface area contributed by atoms with Crippen LogP contribution in [0.1, 0.15) is 62.3 Å². The summed E-state index contributed by atoms with van der Waals surface area (Å²) in [7, 11) is 2.10. The monoisotopic (exact) mass is 326 g/mol. The van der Waals surface area contributed by atoms with Crippen molar-refractivity contribution >= 4 is 17.1 Å². The molecule has 2 amide bonds. The molecule has 2 saturated carbocycles.